The van der Waals surface area contributed by atoms with E-state index in [9.17, 15) is 0 Å². The molecule has 0 saturated heterocycles. The Kier molecular flexibility index (Phi) is 6.22. The number of nitrogens with one attached hydrogen (secondary N) is 1. The summed E-state index contributed by atoms with van der Waals surface area (Å²) in [5.41, 5.74) is 8.98. The fourth-order valence-electron chi connectivity index (χ4n) is 4.15. The highest BCUT2D eigenvalue weighted by Crippen LogP contribution is 2.37. The molecule has 0 spiro atoms. The molecule has 0 amide bonds. The Morgan fingerprint density at radius 2 is 1.56 bits per heavy atom. The molecule has 0 radical (unpaired) electrons. The zero-order chi connectivity index (χ0) is 23.7. The van der Waals surface area contributed by atoms with Gasteiger partial charge in [0.1, 0.15) is 10.8 Å². The van der Waals surface area contributed by atoms with Crippen LogP contribution >= 0.6 is 24.0 Å². The summed E-state index contributed by atoms with van der Waals surface area (Å²) in [6.45, 7) is 2.09. The molecule has 168 valence electrons. The Morgan fingerprint density at radius 1 is 0.824 bits per heavy atom. The number of fused-ring (bicyclic) bond motifs is 1. The van der Waals surface area contributed by atoms with Crippen LogP contribution in [-0.2, 0) is 0 Å². The molecule has 3 nitrogen and oxygen atoms in total. The SMILES string of the molecule is CN=C(NC)c1cccc(-c2cc(-c3ccc(S)c(C)c3)cc(-c3nc4ccccc4s3)c2)c1. The minimum absolute atomic E-state index is 0.865. The van der Waals surface area contributed by atoms with E-state index in [1.165, 1.54) is 10.3 Å². The number of aliphatic imine (C=N–C) groups is 1. The first kappa shape index (κ1) is 22.4. The molecule has 0 fully saturated rings. The van der Waals surface area contributed by atoms with Gasteiger partial charge in [-0.15, -0.1) is 24.0 Å². The molecule has 0 aliphatic heterocycles. The Balaban J connectivity index is 1.70. The van der Waals surface area contributed by atoms with Crippen LogP contribution in [0.2, 0.25) is 0 Å². The molecule has 5 heteroatoms. The second-order valence-corrected chi connectivity index (χ2v) is 9.70. The second-order valence-electron chi connectivity index (χ2n) is 8.19. The molecule has 34 heavy (non-hydrogen) atoms. The largest absolute Gasteiger partial charge is 0.373 e. The molecule has 0 unspecified atom stereocenters. The van der Waals surface area contributed by atoms with Gasteiger partial charge in [0.05, 0.1) is 10.2 Å². The molecular formula is C29H25N3S2. The van der Waals surface area contributed by atoms with Gasteiger partial charge >= 0.3 is 0 Å². The van der Waals surface area contributed by atoms with Crippen LogP contribution < -0.4 is 5.32 Å². The van der Waals surface area contributed by atoms with E-state index in [-0.39, 0.29) is 0 Å². The highest BCUT2D eigenvalue weighted by atomic mass is 32.1. The van der Waals surface area contributed by atoms with Gasteiger partial charge in [0, 0.05) is 30.1 Å². The van der Waals surface area contributed by atoms with E-state index in [1.54, 1.807) is 18.4 Å². The van der Waals surface area contributed by atoms with E-state index in [2.05, 4.69) is 109 Å². The van der Waals surface area contributed by atoms with E-state index in [0.29, 0.717) is 0 Å². The maximum Gasteiger partial charge on any atom is 0.127 e. The van der Waals surface area contributed by atoms with Crippen LogP contribution in [0, 0.1) is 6.92 Å². The third-order valence-electron chi connectivity index (χ3n) is 5.93. The van der Waals surface area contributed by atoms with Crippen molar-refractivity contribution < 1.29 is 0 Å². The van der Waals surface area contributed by atoms with Gasteiger partial charge in [-0.25, -0.2) is 4.98 Å². The number of nitrogens with zero attached hydrogens (tertiary/aromatic N) is 2. The van der Waals surface area contributed by atoms with Gasteiger partial charge < -0.3 is 5.32 Å². The first-order valence-corrected chi connectivity index (χ1v) is 12.4. The minimum atomic E-state index is 0.865. The monoisotopic (exact) mass is 479 g/mol. The molecule has 0 saturated carbocycles. The molecule has 1 aromatic heterocycles. The number of para-hydroxylation sites is 1. The first-order chi connectivity index (χ1) is 16.6. The van der Waals surface area contributed by atoms with Gasteiger partial charge in [0.15, 0.2) is 0 Å². The highest BCUT2D eigenvalue weighted by molar-refractivity contribution is 7.80. The number of aromatic nitrogens is 1. The average molecular weight is 480 g/mol. The van der Waals surface area contributed by atoms with Gasteiger partial charge in [-0.3, -0.25) is 4.99 Å². The van der Waals surface area contributed by atoms with Crippen molar-refractivity contribution >= 4 is 40.0 Å². The summed E-state index contributed by atoms with van der Waals surface area (Å²) in [5, 5.41) is 4.20. The van der Waals surface area contributed by atoms with Crippen molar-refractivity contribution in [3.63, 3.8) is 0 Å². The fourth-order valence-corrected chi connectivity index (χ4v) is 5.24. The maximum absolute atomic E-state index is 4.93. The Hall–Kier alpha value is -3.41. The number of rotatable bonds is 4. The number of amidine groups is 1. The van der Waals surface area contributed by atoms with Crippen molar-refractivity contribution in [2.75, 3.05) is 14.1 Å². The van der Waals surface area contributed by atoms with Crippen LogP contribution in [0.3, 0.4) is 0 Å². The maximum atomic E-state index is 4.93. The van der Waals surface area contributed by atoms with E-state index in [4.69, 9.17) is 4.98 Å². The van der Waals surface area contributed by atoms with Crippen molar-refractivity contribution in [3.05, 3.63) is 96.1 Å². The van der Waals surface area contributed by atoms with E-state index >= 15 is 0 Å². The van der Waals surface area contributed by atoms with Crippen molar-refractivity contribution in [2.45, 2.75) is 11.8 Å². The fraction of sp³-hybridized carbons (Fsp3) is 0.103. The summed E-state index contributed by atoms with van der Waals surface area (Å²) in [7, 11) is 3.70. The lowest BCUT2D eigenvalue weighted by atomic mass is 9.94. The van der Waals surface area contributed by atoms with Gasteiger partial charge in [-0.1, -0.05) is 42.5 Å². The summed E-state index contributed by atoms with van der Waals surface area (Å²) in [6, 6.07) is 29.9. The molecule has 4 aromatic carbocycles. The number of hydrogen-bond donors (Lipinski definition) is 2. The summed E-state index contributed by atoms with van der Waals surface area (Å²) < 4.78 is 1.19. The number of thiol groups is 1. The van der Waals surface area contributed by atoms with Crippen LogP contribution in [0.4, 0.5) is 0 Å². The summed E-state index contributed by atoms with van der Waals surface area (Å²) in [4.78, 5) is 10.3. The average Bonchev–Trinajstić information content (AvgIpc) is 3.31. The Bertz CT molecular complexity index is 1500. The molecule has 5 rings (SSSR count). The first-order valence-electron chi connectivity index (χ1n) is 11.1. The lowest BCUT2D eigenvalue weighted by Crippen LogP contribution is -2.19. The van der Waals surface area contributed by atoms with Crippen molar-refractivity contribution in [1.82, 2.24) is 10.3 Å². The van der Waals surface area contributed by atoms with Crippen molar-refractivity contribution in [2.24, 2.45) is 4.99 Å². The van der Waals surface area contributed by atoms with Crippen molar-refractivity contribution in [1.29, 1.82) is 0 Å². The van der Waals surface area contributed by atoms with E-state index in [0.717, 1.165) is 54.6 Å². The number of hydrogen-bond acceptors (Lipinski definition) is 4. The third-order valence-corrected chi connectivity index (χ3v) is 7.52. The predicted molar refractivity (Wildman–Crippen MR) is 149 cm³/mol. The predicted octanol–water partition coefficient (Wildman–Crippen LogP) is 7.49. The lowest BCUT2D eigenvalue weighted by Gasteiger charge is -2.12. The normalized spacial score (nSPS) is 11.7. The minimum Gasteiger partial charge on any atom is -0.373 e. The van der Waals surface area contributed by atoms with Crippen molar-refractivity contribution in [3.8, 4) is 32.8 Å². The van der Waals surface area contributed by atoms with Crippen LogP contribution in [-0.4, -0.2) is 24.9 Å². The molecule has 0 aliphatic carbocycles. The van der Waals surface area contributed by atoms with Gasteiger partial charge in [0.25, 0.3) is 0 Å². The smallest absolute Gasteiger partial charge is 0.127 e. The second kappa shape index (κ2) is 9.45. The number of thiazole rings is 1. The molecular weight excluding hydrogens is 454 g/mol. The van der Waals surface area contributed by atoms with Gasteiger partial charge in [-0.05, 0) is 77.2 Å². The Morgan fingerprint density at radius 3 is 2.26 bits per heavy atom. The zero-order valence-electron chi connectivity index (χ0n) is 19.3. The third kappa shape index (κ3) is 4.37. The standard InChI is InChI=1S/C29H25N3S2/c1-18-13-20(11-12-26(18)33)23-15-22(19-7-6-8-21(14-19)28(30-2)31-3)16-24(17-23)29-32-25-9-4-5-10-27(25)34-29/h4-17,33H,1-3H3,(H,30,31). The summed E-state index contributed by atoms with van der Waals surface area (Å²) >= 11 is 6.29. The Labute approximate surface area is 209 Å². The summed E-state index contributed by atoms with van der Waals surface area (Å²) in [6.07, 6.45) is 0. The van der Waals surface area contributed by atoms with Gasteiger partial charge in [0.2, 0.25) is 0 Å². The molecule has 0 bridgehead atoms. The zero-order valence-corrected chi connectivity index (χ0v) is 21.0. The summed E-state index contributed by atoms with van der Waals surface area (Å²) in [5.74, 6) is 0.865. The van der Waals surface area contributed by atoms with Crippen LogP contribution in [0.25, 0.3) is 43.0 Å². The van der Waals surface area contributed by atoms with E-state index in [1.807, 2.05) is 13.1 Å². The molecule has 0 aliphatic rings. The molecule has 5 aromatic rings. The lowest BCUT2D eigenvalue weighted by molar-refractivity contribution is 1.15. The topological polar surface area (TPSA) is 37.3 Å². The van der Waals surface area contributed by atoms with Crippen LogP contribution in [0.1, 0.15) is 11.1 Å². The van der Waals surface area contributed by atoms with Gasteiger partial charge in [-0.2, -0.15) is 0 Å². The molecule has 1 N–H and O–H groups in total. The number of aryl methyl sites for hydroxylation is 1. The highest BCUT2D eigenvalue weighted by Gasteiger charge is 2.12. The van der Waals surface area contributed by atoms with E-state index < -0.39 is 0 Å². The number of benzene rings is 4. The molecule has 1 heterocycles. The molecule has 0 atom stereocenters. The van der Waals surface area contributed by atoms with Crippen LogP contribution in [0.5, 0.6) is 0 Å². The van der Waals surface area contributed by atoms with Crippen LogP contribution in [0.15, 0.2) is 94.8 Å². The quantitative estimate of drug-likeness (QED) is 0.159.